The molecule has 12 N–H and O–H groups in total. The van der Waals surface area contributed by atoms with Gasteiger partial charge in [0.25, 0.3) is 0 Å². The standard InChI is InChI=1S/C21H41N5O2.C10H19N5O2.C8H23N5/c1-2-3-4-5-6-7-8-9-10-13-24(16-18-25-14-11-22-20(25)27)17-19-26-15-12-23-21(26)28;16-9-12-3-7-14(9)5-1-11-2-6-15-8-4-13-10(15)17;9-1-3-11-5-7-13-8-6-12-4-2-10/h2-19H2,1H3,(H,22,27)(H,23,28);11H,1-8H2,(H,12,16)(H,13,17);11-13H,1-10H2. The lowest BCUT2D eigenvalue weighted by atomic mass is 10.1. The van der Waals surface area contributed by atoms with Gasteiger partial charge in [-0.05, 0) is 13.0 Å². The highest BCUT2D eigenvalue weighted by Crippen LogP contribution is 2.10. The number of hydrogen-bond donors (Lipinski definition) is 10. The fourth-order valence-electron chi connectivity index (χ4n) is 6.89. The van der Waals surface area contributed by atoms with Gasteiger partial charge < -0.3 is 73.6 Å². The summed E-state index contributed by atoms with van der Waals surface area (Å²) in [5.74, 6) is 0. The normalized spacial score (nSPS) is 16.3. The van der Waals surface area contributed by atoms with Crippen LogP contribution in [0.4, 0.5) is 19.2 Å². The van der Waals surface area contributed by atoms with E-state index in [2.05, 4.69) is 54.4 Å². The van der Waals surface area contributed by atoms with Crippen molar-refractivity contribution in [3.8, 4) is 0 Å². The van der Waals surface area contributed by atoms with Crippen LogP contribution in [0.1, 0.15) is 64.7 Å². The van der Waals surface area contributed by atoms with Crippen LogP contribution in [-0.4, -0.2) is 212 Å². The van der Waals surface area contributed by atoms with Gasteiger partial charge in [0.1, 0.15) is 0 Å². The number of unbranched alkanes of at least 4 members (excludes halogenated alkanes) is 8. The summed E-state index contributed by atoms with van der Waals surface area (Å²) in [5.41, 5.74) is 10.6. The highest BCUT2D eigenvalue weighted by molar-refractivity contribution is 5.77. The minimum atomic E-state index is 0.0192. The van der Waals surface area contributed by atoms with Gasteiger partial charge in [0.2, 0.25) is 0 Å². The minimum Gasteiger partial charge on any atom is -0.336 e. The Kier molecular flexibility index (Phi) is 30.4. The first-order valence-electron chi connectivity index (χ1n) is 22.5. The van der Waals surface area contributed by atoms with Gasteiger partial charge in [0, 0.05) is 157 Å². The van der Waals surface area contributed by atoms with Crippen LogP contribution in [0.15, 0.2) is 0 Å². The van der Waals surface area contributed by atoms with Crippen LogP contribution >= 0.6 is 0 Å². The van der Waals surface area contributed by atoms with Gasteiger partial charge >= 0.3 is 24.1 Å². The monoisotopic (exact) mass is 826 g/mol. The molecule has 338 valence electrons. The molecule has 19 nitrogen and oxygen atoms in total. The molecular formula is C39H83N15O4. The highest BCUT2D eigenvalue weighted by Gasteiger charge is 2.23. The van der Waals surface area contributed by atoms with Crippen molar-refractivity contribution >= 4 is 24.1 Å². The molecule has 19 heteroatoms. The Balaban J connectivity index is 0.000000329. The third kappa shape index (κ3) is 24.7. The molecule has 0 saturated carbocycles. The number of nitrogens with two attached hydrogens (primary N) is 2. The van der Waals surface area contributed by atoms with E-state index in [0.29, 0.717) is 13.1 Å². The lowest BCUT2D eigenvalue weighted by Crippen LogP contribution is -2.41. The van der Waals surface area contributed by atoms with Crippen LogP contribution in [0, 0.1) is 0 Å². The van der Waals surface area contributed by atoms with Crippen LogP contribution in [0.2, 0.25) is 0 Å². The van der Waals surface area contributed by atoms with E-state index < -0.39 is 0 Å². The maximum atomic E-state index is 11.8. The number of nitrogens with one attached hydrogen (secondary N) is 8. The lowest BCUT2D eigenvalue weighted by molar-refractivity contribution is 0.185. The zero-order valence-electron chi connectivity index (χ0n) is 36.1. The molecule has 0 aromatic rings. The van der Waals surface area contributed by atoms with Crippen molar-refractivity contribution in [3.05, 3.63) is 0 Å². The lowest BCUT2D eigenvalue weighted by Gasteiger charge is -2.26. The molecule has 0 aliphatic carbocycles. The molecule has 0 spiro atoms. The average molecular weight is 826 g/mol. The van der Waals surface area contributed by atoms with E-state index in [1.165, 1.54) is 57.8 Å². The van der Waals surface area contributed by atoms with Gasteiger partial charge in [-0.1, -0.05) is 58.3 Å². The van der Waals surface area contributed by atoms with Gasteiger partial charge in [-0.15, -0.1) is 0 Å². The van der Waals surface area contributed by atoms with E-state index in [1.807, 2.05) is 9.80 Å². The molecule has 0 unspecified atom stereocenters. The number of carbonyl (C=O) groups excluding carboxylic acids is 4. The number of hydrogen-bond acceptors (Lipinski definition) is 11. The largest absolute Gasteiger partial charge is 0.336 e. The van der Waals surface area contributed by atoms with Crippen molar-refractivity contribution < 1.29 is 19.2 Å². The van der Waals surface area contributed by atoms with Crippen LogP contribution in [0.5, 0.6) is 0 Å². The SMILES string of the molecule is CCCCCCCCCCCN(CCN1CCNC1=O)CCN1CCNC1=O.NCCNCCNCCNCCN.O=C1NCCN1CCNCCN1CCNC1=O. The van der Waals surface area contributed by atoms with E-state index in [9.17, 15) is 19.2 Å². The Morgan fingerprint density at radius 2 is 0.776 bits per heavy atom. The molecule has 0 aromatic heterocycles. The molecule has 0 atom stereocenters. The zero-order valence-corrected chi connectivity index (χ0v) is 36.1. The summed E-state index contributed by atoms with van der Waals surface area (Å²) >= 11 is 0. The zero-order chi connectivity index (χ0) is 41.9. The van der Waals surface area contributed by atoms with Gasteiger partial charge in [-0.25, -0.2) is 19.2 Å². The van der Waals surface area contributed by atoms with Gasteiger partial charge in [-0.2, -0.15) is 0 Å². The van der Waals surface area contributed by atoms with Crippen LogP contribution in [0.3, 0.4) is 0 Å². The Morgan fingerprint density at radius 1 is 0.448 bits per heavy atom. The minimum absolute atomic E-state index is 0.0192. The van der Waals surface area contributed by atoms with E-state index in [0.717, 1.165) is 151 Å². The fraction of sp³-hybridized carbons (Fsp3) is 0.897. The van der Waals surface area contributed by atoms with Crippen LogP contribution in [0.25, 0.3) is 0 Å². The Bertz CT molecular complexity index is 1010. The summed E-state index contributed by atoms with van der Waals surface area (Å²) in [5, 5.41) is 24.2. The molecule has 0 radical (unpaired) electrons. The predicted molar refractivity (Wildman–Crippen MR) is 233 cm³/mol. The Labute approximate surface area is 349 Å². The smallest absolute Gasteiger partial charge is 0.317 e. The molecule has 58 heavy (non-hydrogen) atoms. The first-order chi connectivity index (χ1) is 28.4. The van der Waals surface area contributed by atoms with Gasteiger partial charge in [0.05, 0.1) is 0 Å². The number of nitrogens with zero attached hydrogens (tertiary/aromatic N) is 5. The third-order valence-corrected chi connectivity index (χ3v) is 10.4. The summed E-state index contributed by atoms with van der Waals surface area (Å²) in [4.78, 5) is 55.7. The van der Waals surface area contributed by atoms with Crippen molar-refractivity contribution in [2.24, 2.45) is 11.5 Å². The molecule has 4 aliphatic rings. The summed E-state index contributed by atoms with van der Waals surface area (Å²) in [6.07, 6.45) is 12.0. The van der Waals surface area contributed by atoms with Crippen molar-refractivity contribution in [1.82, 2.24) is 67.0 Å². The van der Waals surface area contributed by atoms with E-state index in [1.54, 1.807) is 9.80 Å². The maximum absolute atomic E-state index is 11.8. The third-order valence-electron chi connectivity index (χ3n) is 10.4. The summed E-state index contributed by atoms with van der Waals surface area (Å²) in [6.45, 7) is 22.9. The van der Waals surface area contributed by atoms with E-state index in [-0.39, 0.29) is 24.1 Å². The maximum Gasteiger partial charge on any atom is 0.317 e. The highest BCUT2D eigenvalue weighted by atomic mass is 16.2. The molecule has 4 aliphatic heterocycles. The average Bonchev–Trinajstić information content (AvgIpc) is 4.04. The molecule has 8 amide bonds. The number of amides is 8. The number of rotatable bonds is 32. The van der Waals surface area contributed by atoms with Crippen molar-refractivity contribution in [2.45, 2.75) is 64.7 Å². The van der Waals surface area contributed by atoms with Crippen molar-refractivity contribution in [1.29, 1.82) is 0 Å². The van der Waals surface area contributed by atoms with E-state index >= 15 is 0 Å². The first kappa shape index (κ1) is 50.9. The molecule has 0 bridgehead atoms. The second-order valence-electron chi connectivity index (χ2n) is 15.1. The Hall–Kier alpha value is -3.20. The van der Waals surface area contributed by atoms with Crippen LogP contribution in [-0.2, 0) is 0 Å². The first-order valence-corrected chi connectivity index (χ1v) is 22.5. The molecule has 4 fully saturated rings. The summed E-state index contributed by atoms with van der Waals surface area (Å²) in [7, 11) is 0. The Morgan fingerprint density at radius 3 is 1.12 bits per heavy atom. The fourth-order valence-corrected chi connectivity index (χ4v) is 6.89. The number of urea groups is 4. The summed E-state index contributed by atoms with van der Waals surface area (Å²) in [6, 6.07) is 0.153. The predicted octanol–water partition coefficient (Wildman–Crippen LogP) is -0.831. The van der Waals surface area contributed by atoms with Crippen LogP contribution < -0.4 is 54.0 Å². The molecular weight excluding hydrogens is 743 g/mol. The van der Waals surface area contributed by atoms with Gasteiger partial charge in [0.15, 0.2) is 0 Å². The van der Waals surface area contributed by atoms with E-state index in [4.69, 9.17) is 11.5 Å². The molecule has 4 rings (SSSR count). The molecule has 4 saturated heterocycles. The molecule has 4 heterocycles. The topological polar surface area (TPSA) is 233 Å². The quantitative estimate of drug-likeness (QED) is 0.0377. The van der Waals surface area contributed by atoms with Crippen molar-refractivity contribution in [3.63, 3.8) is 0 Å². The summed E-state index contributed by atoms with van der Waals surface area (Å²) < 4.78 is 0. The van der Waals surface area contributed by atoms with Gasteiger partial charge in [-0.3, -0.25) is 4.90 Å². The molecule has 0 aromatic carbocycles. The second-order valence-corrected chi connectivity index (χ2v) is 15.1. The second kappa shape index (κ2) is 34.6. The number of carbonyl (C=O) groups is 4. The van der Waals surface area contributed by atoms with Crippen molar-refractivity contribution in [2.75, 3.05) is 164 Å².